The van der Waals surface area contributed by atoms with Gasteiger partial charge in [-0.05, 0) is 12.0 Å². The topological polar surface area (TPSA) is 57.0 Å². The molecule has 96 valence electrons. The Morgan fingerprint density at radius 1 is 1.61 bits per heavy atom. The van der Waals surface area contributed by atoms with E-state index in [1.165, 1.54) is 6.20 Å². The Labute approximate surface area is 112 Å². The van der Waals surface area contributed by atoms with Gasteiger partial charge in [-0.3, -0.25) is 9.78 Å². The normalized spacial score (nSPS) is 10.2. The van der Waals surface area contributed by atoms with Gasteiger partial charge in [-0.2, -0.15) is 5.26 Å². The van der Waals surface area contributed by atoms with E-state index in [4.69, 9.17) is 16.9 Å². The Morgan fingerprint density at radius 3 is 2.89 bits per heavy atom. The van der Waals surface area contributed by atoms with Gasteiger partial charge in [0.1, 0.15) is 0 Å². The van der Waals surface area contributed by atoms with Gasteiger partial charge in [0.2, 0.25) is 0 Å². The quantitative estimate of drug-likeness (QED) is 0.823. The molecule has 0 bridgehead atoms. The second-order valence-electron chi connectivity index (χ2n) is 4.41. The summed E-state index contributed by atoms with van der Waals surface area (Å²) in [4.78, 5) is 17.9. The Balaban J connectivity index is 2.88. The fraction of sp³-hybridized carbons (Fsp3) is 0.462. The monoisotopic (exact) mass is 265 g/mol. The maximum atomic E-state index is 12.3. The van der Waals surface area contributed by atoms with Crippen molar-refractivity contribution in [2.24, 2.45) is 5.92 Å². The molecule has 0 atom stereocenters. The van der Waals surface area contributed by atoms with E-state index in [1.54, 1.807) is 17.2 Å². The second kappa shape index (κ2) is 6.97. The Kier molecular flexibility index (Phi) is 5.60. The van der Waals surface area contributed by atoms with Crippen LogP contribution in [0, 0.1) is 17.2 Å². The van der Waals surface area contributed by atoms with Crippen molar-refractivity contribution in [1.82, 2.24) is 9.88 Å². The zero-order chi connectivity index (χ0) is 13.5. The number of nitrogens with zero attached hydrogens (tertiary/aromatic N) is 3. The molecule has 0 radical (unpaired) electrons. The van der Waals surface area contributed by atoms with Gasteiger partial charge in [0.15, 0.2) is 0 Å². The Hall–Kier alpha value is -1.60. The standard InChI is InChI=1S/C13H16ClN3O/c1-10(2)9-17(7-3-5-15)13(18)11-8-16-6-4-12(11)14/h4,6,8,10H,3,7,9H2,1-2H3. The van der Waals surface area contributed by atoms with Gasteiger partial charge in [-0.1, -0.05) is 25.4 Å². The number of rotatable bonds is 5. The molecule has 0 saturated heterocycles. The molecule has 4 nitrogen and oxygen atoms in total. The molecule has 0 aliphatic carbocycles. The van der Waals surface area contributed by atoms with Crippen molar-refractivity contribution in [3.8, 4) is 6.07 Å². The SMILES string of the molecule is CC(C)CN(CCC#N)C(=O)c1cnccc1Cl. The van der Waals surface area contributed by atoms with E-state index in [-0.39, 0.29) is 5.91 Å². The third-order valence-electron chi connectivity index (χ3n) is 2.36. The van der Waals surface area contributed by atoms with Crippen LogP contribution in [0.25, 0.3) is 0 Å². The van der Waals surface area contributed by atoms with Gasteiger partial charge in [0.05, 0.1) is 23.1 Å². The number of nitriles is 1. The molecule has 1 aromatic heterocycles. The lowest BCUT2D eigenvalue weighted by Gasteiger charge is -2.23. The highest BCUT2D eigenvalue weighted by Crippen LogP contribution is 2.16. The first-order valence-corrected chi connectivity index (χ1v) is 6.19. The second-order valence-corrected chi connectivity index (χ2v) is 4.82. The van der Waals surface area contributed by atoms with Crippen LogP contribution >= 0.6 is 11.6 Å². The summed E-state index contributed by atoms with van der Waals surface area (Å²) in [6.45, 7) is 5.07. The van der Waals surface area contributed by atoms with E-state index < -0.39 is 0 Å². The van der Waals surface area contributed by atoms with Crippen molar-refractivity contribution in [1.29, 1.82) is 5.26 Å². The van der Waals surface area contributed by atoms with Crippen LogP contribution in [-0.2, 0) is 0 Å². The van der Waals surface area contributed by atoms with E-state index in [0.717, 1.165) is 0 Å². The lowest BCUT2D eigenvalue weighted by molar-refractivity contribution is 0.0739. The van der Waals surface area contributed by atoms with Crippen LogP contribution in [-0.4, -0.2) is 28.9 Å². The molecule has 0 saturated carbocycles. The largest absolute Gasteiger partial charge is 0.337 e. The lowest BCUT2D eigenvalue weighted by Crippen LogP contribution is -2.35. The highest BCUT2D eigenvalue weighted by atomic mass is 35.5. The van der Waals surface area contributed by atoms with Crippen molar-refractivity contribution in [3.63, 3.8) is 0 Å². The lowest BCUT2D eigenvalue weighted by atomic mass is 10.1. The smallest absolute Gasteiger partial charge is 0.256 e. The van der Waals surface area contributed by atoms with E-state index in [1.807, 2.05) is 19.9 Å². The molecular formula is C13H16ClN3O. The molecular weight excluding hydrogens is 250 g/mol. The predicted molar refractivity (Wildman–Crippen MR) is 70.2 cm³/mol. The summed E-state index contributed by atoms with van der Waals surface area (Å²) in [7, 11) is 0. The van der Waals surface area contributed by atoms with Gasteiger partial charge in [0, 0.05) is 25.5 Å². The van der Waals surface area contributed by atoms with E-state index in [2.05, 4.69) is 4.98 Å². The maximum Gasteiger partial charge on any atom is 0.256 e. The first-order chi connectivity index (χ1) is 8.56. The number of halogens is 1. The van der Waals surface area contributed by atoms with Crippen molar-refractivity contribution in [2.75, 3.05) is 13.1 Å². The number of carbonyl (C=O) groups is 1. The minimum absolute atomic E-state index is 0.169. The van der Waals surface area contributed by atoms with Crippen LogP contribution < -0.4 is 0 Å². The summed E-state index contributed by atoms with van der Waals surface area (Å²) < 4.78 is 0. The van der Waals surface area contributed by atoms with Crippen LogP contribution in [0.4, 0.5) is 0 Å². The highest BCUT2D eigenvalue weighted by Gasteiger charge is 2.19. The molecule has 0 fully saturated rings. The molecule has 0 spiro atoms. The van der Waals surface area contributed by atoms with E-state index in [9.17, 15) is 4.79 Å². The molecule has 1 rings (SSSR count). The molecule has 0 aromatic carbocycles. The van der Waals surface area contributed by atoms with E-state index >= 15 is 0 Å². The Morgan fingerprint density at radius 2 is 2.33 bits per heavy atom. The molecule has 1 heterocycles. The number of pyridine rings is 1. The third-order valence-corrected chi connectivity index (χ3v) is 2.69. The van der Waals surface area contributed by atoms with Crippen molar-refractivity contribution < 1.29 is 4.79 Å². The molecule has 1 aromatic rings. The first kappa shape index (κ1) is 14.5. The number of amides is 1. The summed E-state index contributed by atoms with van der Waals surface area (Å²) in [6.07, 6.45) is 3.32. The number of carbonyl (C=O) groups excluding carboxylic acids is 1. The first-order valence-electron chi connectivity index (χ1n) is 5.82. The number of hydrogen-bond donors (Lipinski definition) is 0. The van der Waals surface area contributed by atoms with Crippen LogP contribution in [0.3, 0.4) is 0 Å². The molecule has 1 amide bonds. The fourth-order valence-corrected chi connectivity index (χ4v) is 1.79. The predicted octanol–water partition coefficient (Wildman–Crippen LogP) is 2.75. The van der Waals surface area contributed by atoms with Crippen molar-refractivity contribution in [2.45, 2.75) is 20.3 Å². The van der Waals surface area contributed by atoms with Gasteiger partial charge in [-0.15, -0.1) is 0 Å². The van der Waals surface area contributed by atoms with Gasteiger partial charge >= 0.3 is 0 Å². The Bertz CT molecular complexity index is 454. The third kappa shape index (κ3) is 4.01. The zero-order valence-electron chi connectivity index (χ0n) is 10.6. The summed E-state index contributed by atoms with van der Waals surface area (Å²) in [5.74, 6) is 0.167. The average molecular weight is 266 g/mol. The molecule has 0 aliphatic rings. The summed E-state index contributed by atoms with van der Waals surface area (Å²) in [6, 6.07) is 3.64. The number of hydrogen-bond acceptors (Lipinski definition) is 3. The van der Waals surface area contributed by atoms with Crippen LogP contribution in [0.5, 0.6) is 0 Å². The van der Waals surface area contributed by atoms with Crippen molar-refractivity contribution in [3.05, 3.63) is 29.0 Å². The molecule has 0 unspecified atom stereocenters. The number of aromatic nitrogens is 1. The summed E-state index contributed by atoms with van der Waals surface area (Å²) in [5.41, 5.74) is 0.387. The molecule has 0 N–H and O–H groups in total. The van der Waals surface area contributed by atoms with Crippen LogP contribution in [0.2, 0.25) is 5.02 Å². The fourth-order valence-electron chi connectivity index (χ4n) is 1.61. The summed E-state index contributed by atoms with van der Waals surface area (Å²) in [5, 5.41) is 9.02. The van der Waals surface area contributed by atoms with Crippen molar-refractivity contribution >= 4 is 17.5 Å². The maximum absolute atomic E-state index is 12.3. The van der Waals surface area contributed by atoms with E-state index in [0.29, 0.717) is 36.0 Å². The highest BCUT2D eigenvalue weighted by molar-refractivity contribution is 6.33. The average Bonchev–Trinajstić information content (AvgIpc) is 2.34. The minimum atomic E-state index is -0.169. The molecule has 18 heavy (non-hydrogen) atoms. The molecule has 0 aliphatic heterocycles. The minimum Gasteiger partial charge on any atom is -0.337 e. The van der Waals surface area contributed by atoms with Crippen LogP contribution in [0.15, 0.2) is 18.5 Å². The van der Waals surface area contributed by atoms with Crippen LogP contribution in [0.1, 0.15) is 30.6 Å². The van der Waals surface area contributed by atoms with Gasteiger partial charge in [-0.25, -0.2) is 0 Å². The van der Waals surface area contributed by atoms with Gasteiger partial charge < -0.3 is 4.90 Å². The summed E-state index contributed by atoms with van der Waals surface area (Å²) >= 11 is 5.98. The zero-order valence-corrected chi connectivity index (χ0v) is 11.3. The van der Waals surface area contributed by atoms with Gasteiger partial charge in [0.25, 0.3) is 5.91 Å². The molecule has 5 heteroatoms.